The first kappa shape index (κ1) is 13.4. The Bertz CT molecular complexity index is 616. The minimum Gasteiger partial charge on any atom is -0.488 e. The zero-order chi connectivity index (χ0) is 13.8. The van der Waals surface area contributed by atoms with Gasteiger partial charge in [0.15, 0.2) is 0 Å². The molecule has 0 saturated heterocycles. The lowest BCUT2D eigenvalue weighted by molar-refractivity contribution is 0.299. The summed E-state index contributed by atoms with van der Waals surface area (Å²) in [4.78, 5) is 0.0306. The van der Waals surface area contributed by atoms with Gasteiger partial charge in [-0.1, -0.05) is 30.4 Å². The second kappa shape index (κ2) is 5.75. The molecule has 0 fully saturated rings. The smallest absolute Gasteiger partial charge is 0.130 e. The van der Waals surface area contributed by atoms with Gasteiger partial charge in [0.2, 0.25) is 0 Å². The van der Waals surface area contributed by atoms with Gasteiger partial charge in [-0.3, -0.25) is 0 Å². The highest BCUT2D eigenvalue weighted by Gasteiger charge is 2.09. The van der Waals surface area contributed by atoms with Gasteiger partial charge in [0, 0.05) is 5.56 Å². The molecule has 0 amide bonds. The Morgan fingerprint density at radius 2 is 1.89 bits per heavy atom. The maximum Gasteiger partial charge on any atom is 0.130 e. The van der Waals surface area contributed by atoms with E-state index >= 15 is 0 Å². The van der Waals surface area contributed by atoms with Crippen LogP contribution in [0.2, 0.25) is 0 Å². The predicted octanol–water partition coefficient (Wildman–Crippen LogP) is 3.18. The van der Waals surface area contributed by atoms with Crippen molar-refractivity contribution in [2.45, 2.75) is 6.61 Å². The maximum atomic E-state index is 13.4. The maximum absolute atomic E-state index is 13.4. The Kier molecular flexibility index (Phi) is 4.06. The highest BCUT2D eigenvalue weighted by atomic mass is 32.1. The quantitative estimate of drug-likeness (QED) is 0.873. The molecule has 0 saturated carbocycles. The van der Waals surface area contributed by atoms with E-state index in [1.807, 2.05) is 0 Å². The molecule has 0 aliphatic heterocycles. The van der Waals surface area contributed by atoms with Gasteiger partial charge < -0.3 is 10.5 Å². The molecule has 0 aliphatic rings. The highest BCUT2D eigenvalue weighted by molar-refractivity contribution is 7.80. The summed E-state index contributed by atoms with van der Waals surface area (Å²) in [5.74, 6) is -0.486. The molecule has 0 heterocycles. The Morgan fingerprint density at radius 1 is 1.16 bits per heavy atom. The molecule has 98 valence electrons. The number of halogens is 2. The van der Waals surface area contributed by atoms with E-state index in [0.717, 1.165) is 0 Å². The fourth-order valence-corrected chi connectivity index (χ4v) is 1.75. The van der Waals surface area contributed by atoms with Crippen LogP contribution >= 0.6 is 12.2 Å². The third-order valence-electron chi connectivity index (χ3n) is 2.55. The number of rotatable bonds is 4. The fourth-order valence-electron chi connectivity index (χ4n) is 1.59. The first-order valence-corrected chi connectivity index (χ1v) is 5.94. The van der Waals surface area contributed by atoms with Crippen LogP contribution in [0.5, 0.6) is 5.75 Å². The zero-order valence-corrected chi connectivity index (χ0v) is 10.7. The molecule has 2 nitrogen and oxygen atoms in total. The van der Waals surface area contributed by atoms with Crippen LogP contribution < -0.4 is 10.5 Å². The molecule has 0 atom stereocenters. The summed E-state index contributed by atoms with van der Waals surface area (Å²) in [6.45, 7) is 0.0217. The Labute approximate surface area is 114 Å². The molecule has 2 aromatic carbocycles. The van der Waals surface area contributed by atoms with Crippen molar-refractivity contribution in [3.63, 3.8) is 0 Å². The number of hydrogen-bond donors (Lipinski definition) is 1. The summed E-state index contributed by atoms with van der Waals surface area (Å²) in [6.07, 6.45) is 0. The van der Waals surface area contributed by atoms with Gasteiger partial charge in [-0.05, 0) is 24.3 Å². The largest absolute Gasteiger partial charge is 0.488 e. The van der Waals surface area contributed by atoms with Crippen molar-refractivity contribution in [1.29, 1.82) is 0 Å². The first-order valence-electron chi connectivity index (χ1n) is 5.53. The second-order valence-electron chi connectivity index (χ2n) is 3.88. The average molecular weight is 279 g/mol. The number of benzene rings is 2. The summed E-state index contributed by atoms with van der Waals surface area (Å²) >= 11 is 4.82. The third-order valence-corrected chi connectivity index (χ3v) is 2.77. The van der Waals surface area contributed by atoms with Crippen molar-refractivity contribution in [3.05, 3.63) is 65.2 Å². The van der Waals surface area contributed by atoms with Gasteiger partial charge in [-0.2, -0.15) is 0 Å². The lowest BCUT2D eigenvalue weighted by atomic mass is 10.2. The van der Waals surface area contributed by atoms with Gasteiger partial charge in [0.1, 0.15) is 29.0 Å². The molecule has 0 bridgehead atoms. The first-order chi connectivity index (χ1) is 9.08. The molecule has 0 aromatic heterocycles. The number of nitrogens with two attached hydrogens (primary N) is 1. The molecule has 0 unspecified atom stereocenters. The summed E-state index contributed by atoms with van der Waals surface area (Å²) in [5, 5.41) is 0. The van der Waals surface area contributed by atoms with E-state index in [9.17, 15) is 8.78 Å². The van der Waals surface area contributed by atoms with Crippen LogP contribution in [0.4, 0.5) is 8.78 Å². The number of hydrogen-bond acceptors (Lipinski definition) is 2. The standard InChI is InChI=1S/C14H11F2NOS/c15-10-5-6-13(11(7-10)14(17)19)18-8-9-3-1-2-4-12(9)16/h1-7H,8H2,(H2,17,19). The van der Waals surface area contributed by atoms with Crippen molar-refractivity contribution in [2.75, 3.05) is 0 Å². The number of thiocarbonyl (C=S) groups is 1. The minimum absolute atomic E-state index is 0.0217. The van der Waals surface area contributed by atoms with E-state index in [4.69, 9.17) is 22.7 Å². The Morgan fingerprint density at radius 3 is 2.58 bits per heavy atom. The molecule has 0 spiro atoms. The zero-order valence-electron chi connectivity index (χ0n) is 9.90. The van der Waals surface area contributed by atoms with Crippen molar-refractivity contribution in [1.82, 2.24) is 0 Å². The van der Waals surface area contributed by atoms with E-state index in [0.29, 0.717) is 16.9 Å². The van der Waals surface area contributed by atoms with E-state index < -0.39 is 5.82 Å². The predicted molar refractivity (Wildman–Crippen MR) is 73.0 cm³/mol. The monoisotopic (exact) mass is 279 g/mol. The van der Waals surface area contributed by atoms with Crippen molar-refractivity contribution in [3.8, 4) is 5.75 Å². The lowest BCUT2D eigenvalue weighted by Gasteiger charge is -2.11. The fraction of sp³-hybridized carbons (Fsp3) is 0.0714. The van der Waals surface area contributed by atoms with Crippen LogP contribution in [0.1, 0.15) is 11.1 Å². The molecular weight excluding hydrogens is 268 g/mol. The van der Waals surface area contributed by atoms with E-state index in [1.54, 1.807) is 18.2 Å². The molecule has 0 radical (unpaired) electrons. The summed E-state index contributed by atoms with van der Waals surface area (Å²) < 4.78 is 32.0. The molecule has 2 aromatic rings. The van der Waals surface area contributed by atoms with Crippen LogP contribution in [-0.2, 0) is 6.61 Å². The highest BCUT2D eigenvalue weighted by Crippen LogP contribution is 2.21. The van der Waals surface area contributed by atoms with Crippen molar-refractivity contribution >= 4 is 17.2 Å². The summed E-state index contributed by atoms with van der Waals surface area (Å²) in [7, 11) is 0. The molecular formula is C14H11F2NOS. The van der Waals surface area contributed by atoms with Crippen LogP contribution in [-0.4, -0.2) is 4.99 Å². The van der Waals surface area contributed by atoms with Crippen molar-refractivity contribution in [2.24, 2.45) is 5.73 Å². The molecule has 19 heavy (non-hydrogen) atoms. The SMILES string of the molecule is NC(=S)c1cc(F)ccc1OCc1ccccc1F. The average Bonchev–Trinajstić information content (AvgIpc) is 2.38. The third kappa shape index (κ3) is 3.26. The minimum atomic E-state index is -0.457. The van der Waals surface area contributed by atoms with Gasteiger partial charge >= 0.3 is 0 Å². The van der Waals surface area contributed by atoms with Crippen LogP contribution in [0.3, 0.4) is 0 Å². The van der Waals surface area contributed by atoms with Crippen molar-refractivity contribution < 1.29 is 13.5 Å². The Balaban J connectivity index is 2.20. The van der Waals surface area contributed by atoms with Crippen LogP contribution in [0.25, 0.3) is 0 Å². The summed E-state index contributed by atoms with van der Waals surface area (Å²) in [5.41, 5.74) is 6.19. The van der Waals surface area contributed by atoms with E-state index in [2.05, 4.69) is 0 Å². The van der Waals surface area contributed by atoms with Gasteiger partial charge in [0.25, 0.3) is 0 Å². The van der Waals surface area contributed by atoms with Crippen LogP contribution in [0, 0.1) is 11.6 Å². The topological polar surface area (TPSA) is 35.2 Å². The van der Waals surface area contributed by atoms with Crippen LogP contribution in [0.15, 0.2) is 42.5 Å². The molecule has 2 rings (SSSR count). The lowest BCUT2D eigenvalue weighted by Crippen LogP contribution is -2.12. The second-order valence-corrected chi connectivity index (χ2v) is 4.32. The van der Waals surface area contributed by atoms with Gasteiger partial charge in [-0.25, -0.2) is 8.78 Å². The normalized spacial score (nSPS) is 10.2. The van der Waals surface area contributed by atoms with E-state index in [-0.39, 0.29) is 17.4 Å². The van der Waals surface area contributed by atoms with E-state index in [1.165, 1.54) is 24.3 Å². The molecule has 2 N–H and O–H groups in total. The molecule has 0 aliphatic carbocycles. The number of ether oxygens (including phenoxy) is 1. The molecule has 5 heteroatoms. The Hall–Kier alpha value is -2.01. The summed E-state index contributed by atoms with van der Waals surface area (Å²) in [6, 6.07) is 10.1. The van der Waals surface area contributed by atoms with Gasteiger partial charge in [-0.15, -0.1) is 0 Å². The van der Waals surface area contributed by atoms with Gasteiger partial charge in [0.05, 0.1) is 5.56 Å².